The van der Waals surface area contributed by atoms with E-state index in [1.165, 1.54) is 36.4 Å². The van der Waals surface area contributed by atoms with E-state index in [0.29, 0.717) is 12.0 Å². The van der Waals surface area contributed by atoms with Crippen LogP contribution in [0.4, 0.5) is 18.9 Å². The molecule has 3 N–H and O–H groups in total. The van der Waals surface area contributed by atoms with Crippen LogP contribution in [0.15, 0.2) is 54.4 Å². The normalized spacial score (nSPS) is 19.7. The topological polar surface area (TPSA) is 105 Å². The van der Waals surface area contributed by atoms with Crippen LogP contribution < -0.4 is 11.1 Å². The summed E-state index contributed by atoms with van der Waals surface area (Å²) < 4.78 is 38.9. The van der Waals surface area contributed by atoms with E-state index < -0.39 is 35.5 Å². The Kier molecular flexibility index (Phi) is 7.96. The molecule has 0 aromatic carbocycles. The third-order valence-electron chi connectivity index (χ3n) is 5.10. The number of halogens is 3. The lowest BCUT2D eigenvalue weighted by Crippen LogP contribution is -2.50. The average Bonchev–Trinajstić information content (AvgIpc) is 2.72. The first-order chi connectivity index (χ1) is 14.9. The zero-order valence-corrected chi connectivity index (χ0v) is 17.8. The van der Waals surface area contributed by atoms with Crippen LogP contribution in [0.5, 0.6) is 0 Å². The molecule has 10 heteroatoms. The summed E-state index contributed by atoms with van der Waals surface area (Å²) in [5.74, 6) is -2.47. The Bertz CT molecular complexity index is 969. The van der Waals surface area contributed by atoms with Crippen molar-refractivity contribution in [3.63, 3.8) is 0 Å². The zero-order valence-electron chi connectivity index (χ0n) is 17.8. The second-order valence-corrected chi connectivity index (χ2v) is 7.59. The van der Waals surface area contributed by atoms with E-state index in [4.69, 9.17) is 5.73 Å². The maximum Gasteiger partial charge on any atom is 0.416 e. The number of carbonyl (C=O) groups excluding carboxylic acids is 3. The van der Waals surface area contributed by atoms with Gasteiger partial charge >= 0.3 is 18.0 Å². The van der Waals surface area contributed by atoms with E-state index in [-0.39, 0.29) is 23.7 Å². The van der Waals surface area contributed by atoms with E-state index >= 15 is 0 Å². The number of carbonyl (C=O) groups is 3. The van der Waals surface area contributed by atoms with E-state index in [9.17, 15) is 27.6 Å². The molecule has 0 unspecified atom stereocenters. The Morgan fingerprint density at radius 1 is 1.25 bits per heavy atom. The third kappa shape index (κ3) is 6.29. The fourth-order valence-electron chi connectivity index (χ4n) is 3.38. The van der Waals surface area contributed by atoms with Gasteiger partial charge in [-0.3, -0.25) is 19.4 Å². The first-order valence-corrected chi connectivity index (χ1v) is 9.91. The van der Waals surface area contributed by atoms with Crippen molar-refractivity contribution in [2.45, 2.75) is 38.9 Å². The van der Waals surface area contributed by atoms with Gasteiger partial charge in [-0.1, -0.05) is 31.7 Å². The molecule has 2 rings (SSSR count). The Morgan fingerprint density at radius 3 is 2.53 bits per heavy atom. The molecule has 0 bridgehead atoms. The van der Waals surface area contributed by atoms with Crippen LogP contribution in [-0.2, 0) is 9.59 Å². The maximum absolute atomic E-state index is 13.0. The van der Waals surface area contributed by atoms with Crippen LogP contribution in [-0.4, -0.2) is 46.4 Å². The molecule has 1 aromatic heterocycles. The Labute approximate surface area is 183 Å². The van der Waals surface area contributed by atoms with Gasteiger partial charge in [0.05, 0.1) is 29.1 Å². The number of hydrogen-bond donors (Lipinski definition) is 2. The molecule has 2 atom stereocenters. The van der Waals surface area contributed by atoms with Crippen LogP contribution in [0.3, 0.4) is 0 Å². The first kappa shape index (κ1) is 24.8. The van der Waals surface area contributed by atoms with Crippen LogP contribution in [0, 0.1) is 5.92 Å². The second kappa shape index (κ2) is 10.3. The van der Waals surface area contributed by atoms with Crippen LogP contribution in [0.25, 0.3) is 0 Å². The van der Waals surface area contributed by atoms with Crippen molar-refractivity contribution in [2.75, 3.05) is 11.9 Å². The number of rotatable bonds is 5. The lowest BCUT2D eigenvalue weighted by Gasteiger charge is -2.38. The van der Waals surface area contributed by atoms with Crippen molar-refractivity contribution in [1.29, 1.82) is 0 Å². The number of allylic oxidation sites excluding steroid dienone is 3. The molecule has 3 amide bonds. The highest BCUT2D eigenvalue weighted by molar-refractivity contribution is 6.39. The van der Waals surface area contributed by atoms with Gasteiger partial charge < -0.3 is 16.0 Å². The van der Waals surface area contributed by atoms with Gasteiger partial charge in [0, 0.05) is 12.7 Å². The first-order valence-electron chi connectivity index (χ1n) is 9.91. The molecule has 0 spiro atoms. The number of nitrogens with two attached hydrogens (primary N) is 1. The number of likely N-dealkylation sites (tertiary alicyclic amines) is 1. The van der Waals surface area contributed by atoms with Crippen LogP contribution >= 0.6 is 0 Å². The number of alkyl halides is 3. The molecule has 1 fully saturated rings. The minimum absolute atomic E-state index is 0.0580. The number of nitrogens with zero attached hydrogens (tertiary/aromatic N) is 2. The maximum atomic E-state index is 13.0. The Morgan fingerprint density at radius 2 is 1.94 bits per heavy atom. The summed E-state index contributed by atoms with van der Waals surface area (Å²) in [6.07, 6.45) is 2.23. The molecular formula is C22H25F3N4O3. The fraction of sp³-hybridized carbons (Fsp3) is 0.364. The molecule has 7 nitrogen and oxygen atoms in total. The quantitative estimate of drug-likeness (QED) is 0.530. The predicted octanol–water partition coefficient (Wildman–Crippen LogP) is 3.37. The number of piperidine rings is 1. The Balaban J connectivity index is 2.19. The minimum Gasteiger partial charge on any atom is -0.366 e. The summed E-state index contributed by atoms with van der Waals surface area (Å²) >= 11 is 0. The number of hydrogen-bond acceptors (Lipinski definition) is 4. The van der Waals surface area contributed by atoms with E-state index in [1.807, 2.05) is 6.92 Å². The summed E-state index contributed by atoms with van der Waals surface area (Å²) in [6.45, 7) is 7.27. The predicted molar refractivity (Wildman–Crippen MR) is 113 cm³/mol. The number of pyridine rings is 1. The smallest absolute Gasteiger partial charge is 0.366 e. The van der Waals surface area contributed by atoms with Crippen molar-refractivity contribution in [2.24, 2.45) is 11.7 Å². The molecule has 0 saturated carbocycles. The monoisotopic (exact) mass is 450 g/mol. The second-order valence-electron chi connectivity index (χ2n) is 7.59. The van der Waals surface area contributed by atoms with E-state index in [0.717, 1.165) is 18.6 Å². The van der Waals surface area contributed by atoms with Gasteiger partial charge in [0.15, 0.2) is 0 Å². The van der Waals surface area contributed by atoms with Crippen molar-refractivity contribution >= 4 is 23.4 Å². The summed E-state index contributed by atoms with van der Waals surface area (Å²) in [4.78, 5) is 41.8. The van der Waals surface area contributed by atoms with Gasteiger partial charge in [0.25, 0.3) is 0 Å². The fourth-order valence-corrected chi connectivity index (χ4v) is 3.38. The lowest BCUT2D eigenvalue weighted by atomic mass is 9.89. The van der Waals surface area contributed by atoms with Crippen LogP contribution in [0.2, 0.25) is 0 Å². The summed E-state index contributed by atoms with van der Waals surface area (Å²) in [6, 6.07) is 0.663. The van der Waals surface area contributed by atoms with E-state index in [2.05, 4.69) is 16.9 Å². The van der Waals surface area contributed by atoms with Gasteiger partial charge in [-0.25, -0.2) is 0 Å². The number of nitrogens with one attached hydrogen (secondary N) is 1. The molecular weight excluding hydrogens is 425 g/mol. The van der Waals surface area contributed by atoms with E-state index in [1.54, 1.807) is 0 Å². The van der Waals surface area contributed by atoms with Crippen molar-refractivity contribution in [1.82, 2.24) is 9.88 Å². The number of amides is 3. The summed E-state index contributed by atoms with van der Waals surface area (Å²) in [7, 11) is 0. The molecule has 2 heterocycles. The van der Waals surface area contributed by atoms with Crippen molar-refractivity contribution in [3.8, 4) is 0 Å². The Hall–Kier alpha value is -3.43. The zero-order chi connectivity index (χ0) is 24.1. The third-order valence-corrected chi connectivity index (χ3v) is 5.10. The molecule has 1 aliphatic rings. The molecule has 1 aromatic rings. The van der Waals surface area contributed by atoms with Gasteiger partial charge in [-0.2, -0.15) is 13.2 Å². The van der Waals surface area contributed by atoms with Gasteiger partial charge in [0.2, 0.25) is 5.91 Å². The van der Waals surface area contributed by atoms with Gasteiger partial charge in [-0.15, -0.1) is 0 Å². The van der Waals surface area contributed by atoms with Crippen molar-refractivity contribution in [3.05, 3.63) is 60.0 Å². The van der Waals surface area contributed by atoms with Gasteiger partial charge in [0.1, 0.15) is 0 Å². The highest BCUT2D eigenvalue weighted by atomic mass is 19.4. The summed E-state index contributed by atoms with van der Waals surface area (Å²) in [5.41, 5.74) is 4.82. The largest absolute Gasteiger partial charge is 0.416 e. The van der Waals surface area contributed by atoms with Gasteiger partial charge in [-0.05, 0) is 37.3 Å². The standard InChI is InChI=1S/C22H25F3N4O3/c1-4-16(22(23,24)25)7-6-14(3)18-8-5-13(2)12-29(18)21(32)20(31)28-17-9-15(19(26)30)10-27-11-17/h4,6-7,9-11,13,18H,3,5,8,12H2,1-2H3,(H2,26,30)(H,28,31)/b7-6-,16-4+/t13-,18+/m1/s1. The molecule has 1 aliphatic heterocycles. The molecule has 172 valence electrons. The molecule has 32 heavy (non-hydrogen) atoms. The van der Waals surface area contributed by atoms with Crippen LogP contribution in [0.1, 0.15) is 37.0 Å². The summed E-state index contributed by atoms with van der Waals surface area (Å²) in [5, 5.41) is 2.38. The highest BCUT2D eigenvalue weighted by Crippen LogP contribution is 2.29. The highest BCUT2D eigenvalue weighted by Gasteiger charge is 2.35. The number of anilines is 1. The number of aromatic nitrogens is 1. The SMILES string of the molecule is C=C(/C=C\C(=C/C)C(F)(F)F)[C@@H]1CC[C@@H](C)CN1C(=O)C(=O)Nc1cncc(C(N)=O)c1. The minimum atomic E-state index is -4.50. The lowest BCUT2D eigenvalue weighted by molar-refractivity contribution is -0.145. The average molecular weight is 450 g/mol. The molecule has 1 saturated heterocycles. The van der Waals surface area contributed by atoms with Crippen molar-refractivity contribution < 1.29 is 27.6 Å². The number of primary amides is 1. The molecule has 0 aliphatic carbocycles. The molecule has 0 radical (unpaired) electrons.